The predicted octanol–water partition coefficient (Wildman–Crippen LogP) is -0.0391. The van der Waals surface area contributed by atoms with Gasteiger partial charge in [-0.25, -0.2) is 4.72 Å². The Kier molecular flexibility index (Phi) is 3.84. The molecule has 0 aromatic heterocycles. The molecule has 1 saturated carbocycles. The fraction of sp³-hybridized carbons (Fsp3) is 1.00. The number of nitrogens with one attached hydrogen (secondary N) is 3. The maximum atomic E-state index is 11.6. The van der Waals surface area contributed by atoms with Gasteiger partial charge in [-0.15, -0.1) is 0 Å². The third kappa shape index (κ3) is 3.69. The third-order valence-corrected chi connectivity index (χ3v) is 4.51. The van der Waals surface area contributed by atoms with E-state index in [0.29, 0.717) is 12.5 Å². The standard InChI is InChI=1S/C10H21N3O2S/c1-8-3-2-6-11-10(8)7-12-16(14,15)13-9-4-5-9/h8-13H,2-7H2,1H3. The van der Waals surface area contributed by atoms with Gasteiger partial charge >= 0.3 is 0 Å². The van der Waals surface area contributed by atoms with Crippen LogP contribution in [0.4, 0.5) is 0 Å². The Morgan fingerprint density at radius 1 is 1.31 bits per heavy atom. The van der Waals surface area contributed by atoms with Crippen molar-refractivity contribution in [1.82, 2.24) is 14.8 Å². The van der Waals surface area contributed by atoms with Crippen LogP contribution >= 0.6 is 0 Å². The van der Waals surface area contributed by atoms with E-state index in [9.17, 15) is 8.42 Å². The van der Waals surface area contributed by atoms with Crippen molar-refractivity contribution in [2.45, 2.75) is 44.7 Å². The zero-order chi connectivity index (χ0) is 11.6. The molecule has 2 aliphatic rings. The molecule has 0 aromatic carbocycles. The minimum atomic E-state index is -3.28. The Hall–Kier alpha value is -0.170. The molecule has 0 amide bonds. The van der Waals surface area contributed by atoms with Gasteiger partial charge in [-0.05, 0) is 38.1 Å². The lowest BCUT2D eigenvalue weighted by molar-refractivity contribution is 0.300. The first kappa shape index (κ1) is 12.3. The second-order valence-corrected chi connectivity index (χ2v) is 6.46. The van der Waals surface area contributed by atoms with Crippen LogP contribution in [-0.2, 0) is 10.2 Å². The van der Waals surface area contributed by atoms with Crippen molar-refractivity contribution in [3.63, 3.8) is 0 Å². The molecule has 1 saturated heterocycles. The normalized spacial score (nSPS) is 31.6. The van der Waals surface area contributed by atoms with E-state index in [1.807, 2.05) is 0 Å². The van der Waals surface area contributed by atoms with Crippen molar-refractivity contribution in [3.05, 3.63) is 0 Å². The zero-order valence-corrected chi connectivity index (χ0v) is 10.5. The average Bonchev–Trinajstić information content (AvgIpc) is 3.00. The summed E-state index contributed by atoms with van der Waals surface area (Å²) in [5.41, 5.74) is 0. The maximum Gasteiger partial charge on any atom is 0.277 e. The summed E-state index contributed by atoms with van der Waals surface area (Å²) in [6, 6.07) is 0.443. The smallest absolute Gasteiger partial charge is 0.277 e. The first-order valence-corrected chi connectivity index (χ1v) is 7.55. The largest absolute Gasteiger partial charge is 0.312 e. The summed E-state index contributed by atoms with van der Waals surface area (Å²) >= 11 is 0. The molecule has 1 aliphatic heterocycles. The van der Waals surface area contributed by atoms with Gasteiger partial charge in [-0.2, -0.15) is 13.1 Å². The summed E-state index contributed by atoms with van der Waals surface area (Å²) in [4.78, 5) is 0. The topological polar surface area (TPSA) is 70.2 Å². The number of hydrogen-bond acceptors (Lipinski definition) is 3. The summed E-state index contributed by atoms with van der Waals surface area (Å²) < 4.78 is 28.4. The van der Waals surface area contributed by atoms with E-state index in [1.54, 1.807) is 0 Å². The van der Waals surface area contributed by atoms with Crippen LogP contribution in [0.25, 0.3) is 0 Å². The molecule has 5 nitrogen and oxygen atoms in total. The van der Waals surface area contributed by atoms with E-state index in [1.165, 1.54) is 12.8 Å². The lowest BCUT2D eigenvalue weighted by Crippen LogP contribution is -2.50. The van der Waals surface area contributed by atoms with Crippen LogP contribution in [0.2, 0.25) is 0 Å². The van der Waals surface area contributed by atoms with Crippen LogP contribution in [0.15, 0.2) is 0 Å². The van der Waals surface area contributed by atoms with Crippen molar-refractivity contribution in [1.29, 1.82) is 0 Å². The van der Waals surface area contributed by atoms with Crippen molar-refractivity contribution in [3.8, 4) is 0 Å². The summed E-state index contributed by atoms with van der Waals surface area (Å²) in [7, 11) is -3.28. The van der Waals surface area contributed by atoms with E-state index < -0.39 is 10.2 Å². The monoisotopic (exact) mass is 247 g/mol. The Balaban J connectivity index is 1.76. The quantitative estimate of drug-likeness (QED) is 0.638. The van der Waals surface area contributed by atoms with Gasteiger partial charge in [0.2, 0.25) is 0 Å². The van der Waals surface area contributed by atoms with Crippen LogP contribution in [0, 0.1) is 5.92 Å². The molecule has 2 rings (SSSR count). The molecular formula is C10H21N3O2S. The summed E-state index contributed by atoms with van der Waals surface area (Å²) in [6.45, 7) is 3.65. The highest BCUT2D eigenvalue weighted by Crippen LogP contribution is 2.19. The second-order valence-electron chi connectivity index (χ2n) is 4.92. The molecule has 1 aliphatic carbocycles. The van der Waals surface area contributed by atoms with Gasteiger partial charge < -0.3 is 5.32 Å². The number of rotatable bonds is 5. The number of hydrogen-bond donors (Lipinski definition) is 3. The van der Waals surface area contributed by atoms with Crippen LogP contribution in [0.1, 0.15) is 32.6 Å². The zero-order valence-electron chi connectivity index (χ0n) is 9.70. The fourth-order valence-corrected chi connectivity index (χ4v) is 3.21. The van der Waals surface area contributed by atoms with E-state index in [-0.39, 0.29) is 12.1 Å². The first-order valence-electron chi connectivity index (χ1n) is 6.07. The maximum absolute atomic E-state index is 11.6. The highest BCUT2D eigenvalue weighted by atomic mass is 32.2. The van der Waals surface area contributed by atoms with Gasteiger partial charge in [0.25, 0.3) is 10.2 Å². The molecule has 2 unspecified atom stereocenters. The average molecular weight is 247 g/mol. The van der Waals surface area contributed by atoms with Crippen molar-refractivity contribution in [2.75, 3.05) is 13.1 Å². The van der Waals surface area contributed by atoms with Crippen LogP contribution in [0.5, 0.6) is 0 Å². The molecule has 2 fully saturated rings. The van der Waals surface area contributed by atoms with Gasteiger partial charge in [0.15, 0.2) is 0 Å². The van der Waals surface area contributed by atoms with E-state index in [0.717, 1.165) is 19.4 Å². The molecule has 0 radical (unpaired) electrons. The second kappa shape index (κ2) is 5.00. The molecule has 3 N–H and O–H groups in total. The summed E-state index contributed by atoms with van der Waals surface area (Å²) in [6.07, 6.45) is 4.30. The van der Waals surface area contributed by atoms with Gasteiger partial charge in [-0.3, -0.25) is 0 Å². The molecule has 94 valence electrons. The van der Waals surface area contributed by atoms with E-state index in [4.69, 9.17) is 0 Å². The van der Waals surface area contributed by atoms with Crippen LogP contribution < -0.4 is 14.8 Å². The Bertz CT molecular complexity index is 327. The Morgan fingerprint density at radius 2 is 2.06 bits per heavy atom. The summed E-state index contributed by atoms with van der Waals surface area (Å²) in [5.74, 6) is 0.539. The third-order valence-electron chi connectivity index (χ3n) is 3.32. The minimum absolute atomic E-state index is 0.175. The molecule has 6 heteroatoms. The molecular weight excluding hydrogens is 226 g/mol. The predicted molar refractivity (Wildman–Crippen MR) is 63.3 cm³/mol. The Labute approximate surface area is 97.6 Å². The fourth-order valence-electron chi connectivity index (χ4n) is 2.05. The van der Waals surface area contributed by atoms with Crippen molar-refractivity contribution in [2.24, 2.45) is 5.92 Å². The molecule has 1 heterocycles. The molecule has 16 heavy (non-hydrogen) atoms. The lowest BCUT2D eigenvalue weighted by atomic mass is 9.93. The van der Waals surface area contributed by atoms with E-state index >= 15 is 0 Å². The van der Waals surface area contributed by atoms with Gasteiger partial charge in [0.05, 0.1) is 0 Å². The van der Waals surface area contributed by atoms with Gasteiger partial charge in [0.1, 0.15) is 0 Å². The molecule has 0 aromatic rings. The van der Waals surface area contributed by atoms with Crippen molar-refractivity contribution < 1.29 is 8.42 Å². The Morgan fingerprint density at radius 3 is 2.69 bits per heavy atom. The molecule has 0 bridgehead atoms. The highest BCUT2D eigenvalue weighted by molar-refractivity contribution is 7.87. The highest BCUT2D eigenvalue weighted by Gasteiger charge is 2.28. The number of piperidine rings is 1. The van der Waals surface area contributed by atoms with E-state index in [2.05, 4.69) is 21.7 Å². The van der Waals surface area contributed by atoms with Crippen molar-refractivity contribution >= 4 is 10.2 Å². The van der Waals surface area contributed by atoms with Crippen LogP contribution in [0.3, 0.4) is 0 Å². The SMILES string of the molecule is CC1CCCNC1CNS(=O)(=O)NC1CC1. The van der Waals surface area contributed by atoms with Gasteiger partial charge in [-0.1, -0.05) is 6.92 Å². The summed E-state index contributed by atoms with van der Waals surface area (Å²) in [5, 5.41) is 3.36. The molecule has 0 spiro atoms. The van der Waals surface area contributed by atoms with Gasteiger partial charge in [0, 0.05) is 18.6 Å². The lowest BCUT2D eigenvalue weighted by Gasteiger charge is -2.30. The van der Waals surface area contributed by atoms with Crippen LogP contribution in [-0.4, -0.2) is 33.6 Å². The first-order chi connectivity index (χ1) is 7.57. The molecule has 2 atom stereocenters. The minimum Gasteiger partial charge on any atom is -0.312 e.